The van der Waals surface area contributed by atoms with E-state index < -0.39 is 0 Å². The number of allylic oxidation sites excluding steroid dienone is 4. The smallest absolute Gasteiger partial charge is 1.00 e. The molecule has 0 aromatic heterocycles. The Morgan fingerprint density at radius 2 is 1.41 bits per heavy atom. The van der Waals surface area contributed by atoms with Gasteiger partial charge in [-0.05, 0) is 72.6 Å². The second-order valence-electron chi connectivity index (χ2n) is 6.32. The fourth-order valence-electron chi connectivity index (χ4n) is 2.01. The summed E-state index contributed by atoms with van der Waals surface area (Å²) in [5.74, 6) is 0. The molecule has 0 saturated heterocycles. The van der Waals surface area contributed by atoms with E-state index in [4.69, 9.17) is 0 Å². The molecule has 128 valence electrons. The van der Waals surface area contributed by atoms with Crippen LogP contribution in [0.3, 0.4) is 0 Å². The predicted octanol–water partition coefficient (Wildman–Crippen LogP) is -0.639. The predicted molar refractivity (Wildman–Crippen MR) is 88.6 cm³/mol. The quantitative estimate of drug-likeness (QED) is 0.462. The summed E-state index contributed by atoms with van der Waals surface area (Å²) in [5.41, 5.74) is 6.42. The van der Waals surface area contributed by atoms with E-state index in [1.165, 1.54) is 24.0 Å². The Balaban J connectivity index is -0.000000130. The van der Waals surface area contributed by atoms with Crippen molar-refractivity contribution in [1.82, 2.24) is 4.90 Å². The van der Waals surface area contributed by atoms with Gasteiger partial charge in [-0.3, -0.25) is 4.90 Å². The third-order valence-electron chi connectivity index (χ3n) is 4.67. The molecule has 4 heteroatoms. The van der Waals surface area contributed by atoms with Crippen LogP contribution in [0.2, 0.25) is 0 Å². The van der Waals surface area contributed by atoms with Crippen LogP contribution >= 0.6 is 0 Å². The number of hydrogen-bond acceptors (Lipinski definition) is 1. The molecule has 0 unspecified atom stereocenters. The van der Waals surface area contributed by atoms with Crippen molar-refractivity contribution in [1.29, 1.82) is 0 Å². The van der Waals surface area contributed by atoms with Gasteiger partial charge in [-0.2, -0.15) is 0 Å². The van der Waals surface area contributed by atoms with Gasteiger partial charge in [0.2, 0.25) is 0 Å². The van der Waals surface area contributed by atoms with Crippen molar-refractivity contribution in [3.8, 4) is 0 Å². The van der Waals surface area contributed by atoms with Gasteiger partial charge >= 0.3 is 21.7 Å². The minimum atomic E-state index is 0. The Morgan fingerprint density at radius 1 is 1.05 bits per heavy atom. The molecule has 0 N–H and O–H groups in total. The second kappa shape index (κ2) is 13.9. The van der Waals surface area contributed by atoms with Crippen LogP contribution in [0.1, 0.15) is 61.3 Å². The van der Waals surface area contributed by atoms with Crippen LogP contribution in [0, 0.1) is 0 Å². The maximum absolute atomic E-state index is 3.71. The largest absolute Gasteiger partial charge is 2.00 e. The van der Waals surface area contributed by atoms with Gasteiger partial charge in [0.25, 0.3) is 0 Å². The summed E-state index contributed by atoms with van der Waals surface area (Å²) >= 11 is 0. The average molecular weight is 382 g/mol. The molecule has 0 heterocycles. The van der Waals surface area contributed by atoms with E-state index in [0.717, 1.165) is 6.54 Å². The fraction of sp³-hybridized carbons (Fsp3) is 0.667. The molecule has 0 radical (unpaired) electrons. The summed E-state index contributed by atoms with van der Waals surface area (Å²) in [5, 5.41) is 0. The van der Waals surface area contributed by atoms with Gasteiger partial charge in [0.15, 0.2) is 0 Å². The van der Waals surface area contributed by atoms with Gasteiger partial charge in [0.1, 0.15) is 0 Å². The third kappa shape index (κ3) is 9.58. The molecule has 0 fully saturated rings. The van der Waals surface area contributed by atoms with E-state index in [1.807, 2.05) is 6.08 Å². The molecule has 0 atom stereocenters. The maximum Gasteiger partial charge on any atom is 2.00 e. The van der Waals surface area contributed by atoms with Gasteiger partial charge < -0.3 is 24.8 Å². The SMILES string of the molecule is C=CCN(C)C(C)(C)CC.CC1=C(C)C(C)=C(C)C1.[Cl-].[Cl-].[Ti+2]. The number of hydrogen-bond donors (Lipinski definition) is 0. The minimum Gasteiger partial charge on any atom is -1.00 e. The van der Waals surface area contributed by atoms with Gasteiger partial charge in [-0.1, -0.05) is 24.1 Å². The van der Waals surface area contributed by atoms with E-state index in [0.29, 0.717) is 5.54 Å². The first-order valence-corrected chi connectivity index (χ1v) is 7.32. The summed E-state index contributed by atoms with van der Waals surface area (Å²) in [7, 11) is 2.13. The Labute approximate surface area is 166 Å². The van der Waals surface area contributed by atoms with Crippen LogP contribution in [-0.4, -0.2) is 24.0 Å². The first kappa shape index (κ1) is 30.4. The Morgan fingerprint density at radius 3 is 1.59 bits per heavy atom. The zero-order valence-corrected chi connectivity index (χ0v) is 18.7. The van der Waals surface area contributed by atoms with Crippen LogP contribution in [-0.2, 0) is 21.7 Å². The Bertz CT molecular complexity index is 363. The normalized spacial score (nSPS) is 13.7. The van der Waals surface area contributed by atoms with Crippen LogP contribution in [0.4, 0.5) is 0 Å². The summed E-state index contributed by atoms with van der Waals surface area (Å²) < 4.78 is 0. The van der Waals surface area contributed by atoms with Crippen molar-refractivity contribution in [2.75, 3.05) is 13.6 Å². The van der Waals surface area contributed by atoms with Gasteiger partial charge in [0.05, 0.1) is 0 Å². The molecule has 0 aliphatic heterocycles. The molecule has 1 aliphatic carbocycles. The van der Waals surface area contributed by atoms with E-state index in [2.05, 4.69) is 67.0 Å². The Kier molecular flexibility index (Phi) is 19.1. The molecule has 22 heavy (non-hydrogen) atoms. The van der Waals surface area contributed by atoms with E-state index in [-0.39, 0.29) is 46.5 Å². The van der Waals surface area contributed by atoms with E-state index in [1.54, 1.807) is 11.1 Å². The zero-order valence-electron chi connectivity index (χ0n) is 15.6. The molecule has 1 nitrogen and oxygen atoms in total. The van der Waals surface area contributed by atoms with Crippen LogP contribution in [0.5, 0.6) is 0 Å². The molecule has 0 bridgehead atoms. The van der Waals surface area contributed by atoms with Crippen molar-refractivity contribution in [2.24, 2.45) is 0 Å². The number of halogens is 2. The van der Waals surface area contributed by atoms with E-state index >= 15 is 0 Å². The maximum atomic E-state index is 3.71. The molecule has 1 rings (SSSR count). The molecule has 1 aliphatic rings. The number of likely N-dealkylation sites (N-methyl/N-ethyl adjacent to an activating group) is 1. The standard InChI is InChI=1S/C9H19N.C9H14.2ClH.Ti/c1-6-8-10(5)9(3,4)7-2;1-6-5-7(2)9(4)8(6)3;;;/h6H,1,7-8H2,2-5H3;5H2,1-4H3;2*1H;/q;;;;+2/p-2. The summed E-state index contributed by atoms with van der Waals surface area (Å²) in [6.45, 7) is 20.2. The summed E-state index contributed by atoms with van der Waals surface area (Å²) in [6, 6.07) is 0. The van der Waals surface area contributed by atoms with Crippen molar-refractivity contribution in [2.45, 2.75) is 66.8 Å². The summed E-state index contributed by atoms with van der Waals surface area (Å²) in [4.78, 5) is 2.31. The van der Waals surface area contributed by atoms with Crippen LogP contribution in [0.25, 0.3) is 0 Å². The molecular formula is C18H33Cl2NTi. The number of rotatable bonds is 4. The van der Waals surface area contributed by atoms with Crippen molar-refractivity contribution in [3.05, 3.63) is 34.9 Å². The van der Waals surface area contributed by atoms with Gasteiger partial charge in [0, 0.05) is 12.1 Å². The third-order valence-corrected chi connectivity index (χ3v) is 4.67. The first-order valence-electron chi connectivity index (χ1n) is 7.32. The van der Waals surface area contributed by atoms with Crippen molar-refractivity contribution >= 4 is 0 Å². The average Bonchev–Trinajstić information content (AvgIpc) is 2.57. The first-order chi connectivity index (χ1) is 8.67. The van der Waals surface area contributed by atoms with Crippen molar-refractivity contribution in [3.63, 3.8) is 0 Å². The zero-order chi connectivity index (χ0) is 15.2. The number of nitrogens with zero attached hydrogens (tertiary/aromatic N) is 1. The van der Waals surface area contributed by atoms with Crippen LogP contribution < -0.4 is 24.8 Å². The molecule has 0 spiro atoms. The minimum absolute atomic E-state index is 0. The molecule has 0 aromatic rings. The Hall–Kier alpha value is 0.474. The topological polar surface area (TPSA) is 3.24 Å². The second-order valence-corrected chi connectivity index (χ2v) is 6.32. The monoisotopic (exact) mass is 381 g/mol. The molecular weight excluding hydrogens is 349 g/mol. The molecule has 0 aromatic carbocycles. The van der Waals surface area contributed by atoms with Crippen molar-refractivity contribution < 1.29 is 46.5 Å². The van der Waals surface area contributed by atoms with Gasteiger partial charge in [-0.25, -0.2) is 0 Å². The molecule has 0 saturated carbocycles. The summed E-state index contributed by atoms with van der Waals surface area (Å²) in [6.07, 6.45) is 4.33. The van der Waals surface area contributed by atoms with Gasteiger partial charge in [-0.15, -0.1) is 6.58 Å². The fourth-order valence-corrected chi connectivity index (χ4v) is 2.01. The molecule has 0 amide bonds. The van der Waals surface area contributed by atoms with Crippen LogP contribution in [0.15, 0.2) is 34.9 Å². The van der Waals surface area contributed by atoms with E-state index in [9.17, 15) is 0 Å².